The lowest BCUT2D eigenvalue weighted by molar-refractivity contribution is -0.122. The van der Waals surface area contributed by atoms with Crippen LogP contribution in [0.5, 0.6) is 0 Å². The van der Waals surface area contributed by atoms with E-state index in [0.29, 0.717) is 12.2 Å². The molecule has 1 aliphatic carbocycles. The molecule has 5 heteroatoms. The summed E-state index contributed by atoms with van der Waals surface area (Å²) in [5, 5.41) is 4.63. The summed E-state index contributed by atoms with van der Waals surface area (Å²) in [6, 6.07) is 8.35. The van der Waals surface area contributed by atoms with Crippen molar-refractivity contribution >= 4 is 17.5 Å². The summed E-state index contributed by atoms with van der Waals surface area (Å²) in [5.74, 6) is -0.312. The highest BCUT2D eigenvalue weighted by molar-refractivity contribution is 6.22. The minimum absolute atomic E-state index is 0.0271. The quantitative estimate of drug-likeness (QED) is 0.795. The van der Waals surface area contributed by atoms with Gasteiger partial charge in [-0.15, -0.1) is 0 Å². The first-order valence-electron chi connectivity index (χ1n) is 9.44. The number of fused-ring (bicyclic) bond motifs is 1. The van der Waals surface area contributed by atoms with Gasteiger partial charge in [0.1, 0.15) is 0 Å². The Kier molecular flexibility index (Phi) is 4.17. The van der Waals surface area contributed by atoms with E-state index in [9.17, 15) is 9.59 Å². The maximum Gasteiger partial charge on any atom is 0.237 e. The summed E-state index contributed by atoms with van der Waals surface area (Å²) < 4.78 is 1.90. The first-order chi connectivity index (χ1) is 12.5. The van der Waals surface area contributed by atoms with E-state index in [1.807, 2.05) is 18.5 Å². The molecule has 1 aromatic carbocycles. The maximum atomic E-state index is 12.9. The molecule has 0 N–H and O–H groups in total. The van der Waals surface area contributed by atoms with Crippen molar-refractivity contribution in [1.29, 1.82) is 0 Å². The molecule has 2 fully saturated rings. The van der Waals surface area contributed by atoms with Crippen molar-refractivity contribution in [3.8, 4) is 0 Å². The average Bonchev–Trinajstić information content (AvgIpc) is 3.04. The van der Waals surface area contributed by atoms with Gasteiger partial charge in [-0.25, -0.2) is 4.90 Å². The Morgan fingerprint density at radius 1 is 0.962 bits per heavy atom. The van der Waals surface area contributed by atoms with Gasteiger partial charge in [0.25, 0.3) is 0 Å². The van der Waals surface area contributed by atoms with Gasteiger partial charge in [-0.3, -0.25) is 14.3 Å². The molecule has 0 spiro atoms. The zero-order valence-corrected chi connectivity index (χ0v) is 15.7. The number of anilines is 1. The number of carbonyl (C=O) groups excluding carboxylic acids is 2. The van der Waals surface area contributed by atoms with E-state index < -0.39 is 0 Å². The van der Waals surface area contributed by atoms with Crippen LogP contribution in [0.15, 0.2) is 24.3 Å². The molecular weight excluding hydrogens is 326 g/mol. The van der Waals surface area contributed by atoms with E-state index in [2.05, 4.69) is 36.3 Å². The third kappa shape index (κ3) is 2.66. The molecule has 2 atom stereocenters. The summed E-state index contributed by atoms with van der Waals surface area (Å²) in [7, 11) is 0. The van der Waals surface area contributed by atoms with Crippen LogP contribution in [0.3, 0.4) is 0 Å². The van der Waals surface area contributed by atoms with Gasteiger partial charge in [0.15, 0.2) is 0 Å². The molecule has 1 aliphatic heterocycles. The molecule has 2 aromatic rings. The van der Waals surface area contributed by atoms with Crippen molar-refractivity contribution in [2.45, 2.75) is 53.0 Å². The van der Waals surface area contributed by atoms with E-state index in [0.717, 1.165) is 42.6 Å². The molecule has 0 bridgehead atoms. The summed E-state index contributed by atoms with van der Waals surface area (Å²) >= 11 is 0. The van der Waals surface area contributed by atoms with Crippen LogP contribution in [0.25, 0.3) is 0 Å². The molecule has 0 radical (unpaired) electrons. The maximum absolute atomic E-state index is 12.9. The Labute approximate surface area is 154 Å². The molecule has 1 saturated carbocycles. The molecule has 5 nitrogen and oxygen atoms in total. The molecule has 1 saturated heterocycles. The van der Waals surface area contributed by atoms with Crippen LogP contribution in [0.4, 0.5) is 5.69 Å². The standard InChI is InChI=1S/C21H25N3O2/c1-13-8-10-16(11-9-13)12-23-15(3)19(14(2)22-23)24-20(25)17-6-4-5-7-18(17)21(24)26/h8-11,17-18H,4-7,12H2,1-3H3. The third-order valence-corrected chi connectivity index (χ3v) is 5.86. The third-order valence-electron chi connectivity index (χ3n) is 5.86. The van der Waals surface area contributed by atoms with Crippen LogP contribution >= 0.6 is 0 Å². The first-order valence-corrected chi connectivity index (χ1v) is 9.44. The zero-order valence-electron chi connectivity index (χ0n) is 15.7. The van der Waals surface area contributed by atoms with Gasteiger partial charge in [-0.2, -0.15) is 5.10 Å². The molecule has 26 heavy (non-hydrogen) atoms. The number of hydrogen-bond acceptors (Lipinski definition) is 3. The zero-order chi connectivity index (χ0) is 18.4. The van der Waals surface area contributed by atoms with Gasteiger partial charge in [0.2, 0.25) is 11.8 Å². The highest BCUT2D eigenvalue weighted by Gasteiger charge is 2.49. The van der Waals surface area contributed by atoms with Crippen LogP contribution in [0.1, 0.15) is 48.2 Å². The van der Waals surface area contributed by atoms with E-state index in [-0.39, 0.29) is 23.7 Å². The van der Waals surface area contributed by atoms with Crippen LogP contribution in [-0.4, -0.2) is 21.6 Å². The molecule has 136 valence electrons. The fraction of sp³-hybridized carbons (Fsp3) is 0.476. The number of nitrogens with zero attached hydrogens (tertiary/aromatic N) is 3. The Morgan fingerprint density at radius 3 is 2.12 bits per heavy atom. The summed E-state index contributed by atoms with van der Waals surface area (Å²) in [6.07, 6.45) is 3.75. The van der Waals surface area contributed by atoms with Crippen molar-refractivity contribution in [2.24, 2.45) is 11.8 Å². The molecule has 4 rings (SSSR count). The average molecular weight is 351 g/mol. The van der Waals surface area contributed by atoms with Crippen LogP contribution < -0.4 is 4.90 Å². The Balaban J connectivity index is 1.67. The summed E-state index contributed by atoms with van der Waals surface area (Å²) in [4.78, 5) is 27.3. The molecule has 1 aromatic heterocycles. The van der Waals surface area contributed by atoms with E-state index in [1.165, 1.54) is 10.5 Å². The van der Waals surface area contributed by atoms with Crippen molar-refractivity contribution < 1.29 is 9.59 Å². The molecule has 2 aliphatic rings. The number of hydrogen-bond donors (Lipinski definition) is 0. The minimum atomic E-state index is -0.129. The number of amides is 2. The molecule has 2 heterocycles. The number of rotatable bonds is 3. The second-order valence-electron chi connectivity index (χ2n) is 7.67. The summed E-state index contributed by atoms with van der Waals surface area (Å²) in [6.45, 7) is 6.54. The molecular formula is C21H25N3O2. The van der Waals surface area contributed by atoms with Crippen molar-refractivity contribution in [3.63, 3.8) is 0 Å². The highest BCUT2D eigenvalue weighted by Crippen LogP contribution is 2.41. The topological polar surface area (TPSA) is 55.2 Å². The predicted molar refractivity (Wildman–Crippen MR) is 99.9 cm³/mol. The number of benzene rings is 1. The first kappa shape index (κ1) is 17.0. The fourth-order valence-corrected chi connectivity index (χ4v) is 4.41. The fourth-order valence-electron chi connectivity index (χ4n) is 4.41. The molecule has 2 amide bonds. The number of carbonyl (C=O) groups is 2. The van der Waals surface area contributed by atoms with E-state index in [1.54, 1.807) is 0 Å². The van der Waals surface area contributed by atoms with Gasteiger partial charge in [0.05, 0.1) is 35.5 Å². The second-order valence-corrected chi connectivity index (χ2v) is 7.67. The van der Waals surface area contributed by atoms with Crippen molar-refractivity contribution in [3.05, 3.63) is 46.8 Å². The lowest BCUT2D eigenvalue weighted by Crippen LogP contribution is -2.31. The van der Waals surface area contributed by atoms with Crippen LogP contribution in [0, 0.1) is 32.6 Å². The van der Waals surface area contributed by atoms with Gasteiger partial charge < -0.3 is 0 Å². The smallest absolute Gasteiger partial charge is 0.237 e. The van der Waals surface area contributed by atoms with Crippen molar-refractivity contribution in [1.82, 2.24) is 9.78 Å². The predicted octanol–water partition coefficient (Wildman–Crippen LogP) is 3.54. The SMILES string of the molecule is Cc1ccc(Cn2nc(C)c(N3C(=O)C4CCCCC4C3=O)c2C)cc1. The minimum Gasteiger partial charge on any atom is -0.274 e. The highest BCUT2D eigenvalue weighted by atomic mass is 16.2. The monoisotopic (exact) mass is 351 g/mol. The number of aromatic nitrogens is 2. The van der Waals surface area contributed by atoms with E-state index in [4.69, 9.17) is 0 Å². The van der Waals surface area contributed by atoms with Crippen molar-refractivity contribution in [2.75, 3.05) is 4.90 Å². The van der Waals surface area contributed by atoms with Gasteiger partial charge in [-0.1, -0.05) is 42.7 Å². The van der Waals surface area contributed by atoms with Crippen LogP contribution in [-0.2, 0) is 16.1 Å². The van der Waals surface area contributed by atoms with Gasteiger partial charge in [0, 0.05) is 0 Å². The van der Waals surface area contributed by atoms with Gasteiger partial charge in [-0.05, 0) is 39.2 Å². The largest absolute Gasteiger partial charge is 0.274 e. The van der Waals surface area contributed by atoms with E-state index >= 15 is 0 Å². The Bertz CT molecular complexity index is 842. The lowest BCUT2D eigenvalue weighted by Gasteiger charge is -2.19. The number of aryl methyl sites for hydroxylation is 2. The normalized spacial score (nSPS) is 22.8. The Morgan fingerprint density at radius 2 is 1.54 bits per heavy atom. The lowest BCUT2D eigenvalue weighted by atomic mass is 9.81. The summed E-state index contributed by atoms with van der Waals surface area (Å²) in [5.41, 5.74) is 4.69. The number of imide groups is 1. The van der Waals surface area contributed by atoms with Crippen LogP contribution in [0.2, 0.25) is 0 Å². The second kappa shape index (κ2) is 6.38. The van der Waals surface area contributed by atoms with Gasteiger partial charge >= 0.3 is 0 Å². The Hall–Kier alpha value is -2.43. The molecule has 2 unspecified atom stereocenters.